The number of aliphatic imine (C=N–C) groups is 4. The Balaban J connectivity index is 0. The molecule has 2 radical (unpaired) electrons. The third-order valence-electron chi connectivity index (χ3n) is 6.33. The van der Waals surface area contributed by atoms with Crippen molar-refractivity contribution in [2.24, 2.45) is 20.0 Å². The van der Waals surface area contributed by atoms with Gasteiger partial charge in [-0.2, -0.15) is 0 Å². The fraction of sp³-hybridized carbons (Fsp3) is 0.250. The Bertz CT molecular complexity index is 1850. The first-order valence-electron chi connectivity index (χ1n) is 17.5. The van der Waals surface area contributed by atoms with Gasteiger partial charge in [0.05, 0.1) is 61.2 Å². The largest absolute Gasteiger partial charge is 2.00 e. The van der Waals surface area contributed by atoms with Gasteiger partial charge in [-0.25, -0.2) is 19.9 Å². The van der Waals surface area contributed by atoms with E-state index in [1.165, 1.54) is 24.9 Å². The Hall–Kier alpha value is -2.53. The molecule has 34 heteroatoms. The maximum atomic E-state index is 13.5. The van der Waals surface area contributed by atoms with Crippen molar-refractivity contribution in [3.63, 3.8) is 0 Å². The SMILES string of the molecule is CO[B-](F)(F)OC(CN=Cc1cccc(Br)n1)CN=Cc1cccc(Br)n1.CO[B-](F)(F)OC(CN=Cc1cccc(Br)n1)CN=Cc1cccc(Br)n1.F[B-](F)(F)F.F[B-](F)(F)F.[Co+2].[Co+2]. The Kier molecular flexibility index (Phi) is 33.7. The van der Waals surface area contributed by atoms with Crippen molar-refractivity contribution in [2.45, 2.75) is 12.2 Å². The summed E-state index contributed by atoms with van der Waals surface area (Å²) in [4.78, 5) is 33.3. The molecule has 0 aliphatic carbocycles. The van der Waals surface area contributed by atoms with Crippen molar-refractivity contribution in [1.82, 2.24) is 19.9 Å². The van der Waals surface area contributed by atoms with Gasteiger partial charge < -0.3 is 70.4 Å². The van der Waals surface area contributed by atoms with Gasteiger partial charge in [-0.1, -0.05) is 24.3 Å². The minimum absolute atomic E-state index is 0. The number of hydrogen-bond donors (Lipinski definition) is 0. The molecule has 0 N–H and O–H groups in total. The minimum atomic E-state index is -6.00. The Morgan fingerprint density at radius 3 is 0.803 bits per heavy atom. The molecular formula is C32H32B4Br4Co2F12N8O4. The molecule has 4 aromatic rings. The zero-order valence-electron chi connectivity index (χ0n) is 33.5. The van der Waals surface area contributed by atoms with Gasteiger partial charge in [0.1, 0.15) is 18.4 Å². The molecule has 0 spiro atoms. The summed E-state index contributed by atoms with van der Waals surface area (Å²) in [6.07, 6.45) is 4.01. The summed E-state index contributed by atoms with van der Waals surface area (Å²) >= 11 is 13.0. The van der Waals surface area contributed by atoms with Gasteiger partial charge >= 0.3 is 62.3 Å². The Morgan fingerprint density at radius 1 is 0.439 bits per heavy atom. The first-order valence-corrected chi connectivity index (χ1v) is 20.6. The van der Waals surface area contributed by atoms with Gasteiger partial charge in [-0.15, -0.1) is 0 Å². The van der Waals surface area contributed by atoms with E-state index in [4.69, 9.17) is 9.31 Å². The van der Waals surface area contributed by atoms with Crippen LogP contribution in [-0.2, 0) is 52.2 Å². The molecule has 4 aromatic heterocycles. The van der Waals surface area contributed by atoms with E-state index in [0.29, 0.717) is 41.2 Å². The Labute approximate surface area is 424 Å². The zero-order valence-corrected chi connectivity index (χ0v) is 41.9. The van der Waals surface area contributed by atoms with Crippen LogP contribution >= 0.6 is 63.7 Å². The first-order chi connectivity index (χ1) is 29.8. The van der Waals surface area contributed by atoms with Gasteiger partial charge in [-0.3, -0.25) is 20.0 Å². The molecule has 4 rings (SSSR count). The summed E-state index contributed by atoms with van der Waals surface area (Å²) < 4.78 is 152. The quantitative estimate of drug-likeness (QED) is 0.0416. The molecule has 0 unspecified atom stereocenters. The fourth-order valence-electron chi connectivity index (χ4n) is 3.89. The van der Waals surface area contributed by atoms with Crippen LogP contribution in [0.3, 0.4) is 0 Å². The van der Waals surface area contributed by atoms with Crippen molar-refractivity contribution in [1.29, 1.82) is 0 Å². The number of aromatic nitrogens is 4. The molecular weight excluding hydrogens is 1270 g/mol. The van der Waals surface area contributed by atoms with Crippen LogP contribution in [0.5, 0.6) is 0 Å². The van der Waals surface area contributed by atoms with E-state index in [1.807, 2.05) is 0 Å². The predicted octanol–water partition coefficient (Wildman–Crippen LogP) is 10.5. The van der Waals surface area contributed by atoms with Crippen LogP contribution in [0.2, 0.25) is 0 Å². The van der Waals surface area contributed by atoms with Crippen LogP contribution in [-0.4, -0.2) is 126 Å². The second kappa shape index (κ2) is 33.9. The molecule has 0 aliphatic heterocycles. The van der Waals surface area contributed by atoms with Crippen molar-refractivity contribution >= 4 is 117 Å². The van der Waals surface area contributed by atoms with Crippen LogP contribution in [0.4, 0.5) is 51.8 Å². The summed E-state index contributed by atoms with van der Waals surface area (Å²) in [6, 6.07) is 21.3. The molecule has 0 atom stereocenters. The van der Waals surface area contributed by atoms with Crippen LogP contribution < -0.4 is 0 Å². The van der Waals surface area contributed by atoms with E-state index in [9.17, 15) is 51.8 Å². The van der Waals surface area contributed by atoms with Gasteiger partial charge in [0.25, 0.3) is 0 Å². The summed E-state index contributed by atoms with van der Waals surface area (Å²) in [5.41, 5.74) is 2.37. The third-order valence-corrected chi connectivity index (χ3v) is 8.09. The number of hydrogen-bond acceptors (Lipinski definition) is 12. The van der Waals surface area contributed by atoms with E-state index in [-0.39, 0.29) is 59.7 Å². The van der Waals surface area contributed by atoms with E-state index < -0.39 is 40.9 Å². The maximum absolute atomic E-state index is 13.5. The van der Waals surface area contributed by atoms with Gasteiger partial charge in [-0.05, 0) is 126 Å². The van der Waals surface area contributed by atoms with Gasteiger partial charge in [0, 0.05) is 24.9 Å². The van der Waals surface area contributed by atoms with Crippen LogP contribution in [0.25, 0.3) is 0 Å². The standard InChI is InChI=1S/2C16H16BBr2F2N4O2.2BF4.2Co/c2*1-26-17(20,21)27-14(10-22-8-12-4-2-6-15(18)24-12)11-23-9-13-5-3-7-16(19)25-13;2*2-1(3,4)5;;/h2*2-9,14H,10-11H2,1H3;;;;/q4*-1;2*+2. The smallest absolute Gasteiger partial charge is 0.514 e. The molecule has 0 fully saturated rings. The van der Waals surface area contributed by atoms with Gasteiger partial charge in [0.15, 0.2) is 0 Å². The summed E-state index contributed by atoms with van der Waals surface area (Å²) in [5, 5.41) is 0. The molecule has 66 heavy (non-hydrogen) atoms. The second-order valence-electron chi connectivity index (χ2n) is 11.6. The summed E-state index contributed by atoms with van der Waals surface area (Å²) in [7, 11) is -19.0. The van der Waals surface area contributed by atoms with Crippen molar-refractivity contribution in [3.8, 4) is 0 Å². The fourth-order valence-corrected chi connectivity index (χ4v) is 5.31. The van der Waals surface area contributed by atoms with E-state index in [2.05, 4.69) is 113 Å². The number of nitrogens with zero attached hydrogens (tertiary/aromatic N) is 8. The van der Waals surface area contributed by atoms with Crippen LogP contribution in [0.15, 0.2) is 111 Å². The van der Waals surface area contributed by atoms with Gasteiger partial charge in [0.2, 0.25) is 0 Å². The van der Waals surface area contributed by atoms with E-state index in [0.717, 1.165) is 14.2 Å². The molecule has 0 bridgehead atoms. The Morgan fingerprint density at radius 2 is 0.636 bits per heavy atom. The molecule has 0 saturated carbocycles. The average Bonchev–Trinajstić information content (AvgIpc) is 3.17. The number of halogens is 16. The molecule has 0 aromatic carbocycles. The third kappa shape index (κ3) is 37.5. The minimum Gasteiger partial charge on any atom is -0.514 e. The van der Waals surface area contributed by atoms with Crippen molar-refractivity contribution < 1.29 is 104 Å². The zero-order chi connectivity index (χ0) is 48.4. The van der Waals surface area contributed by atoms with E-state index in [1.54, 1.807) is 72.8 Å². The maximum Gasteiger partial charge on any atom is 2.00 e. The number of rotatable bonds is 18. The molecule has 0 amide bonds. The van der Waals surface area contributed by atoms with Crippen LogP contribution in [0.1, 0.15) is 22.8 Å². The number of pyridine rings is 4. The van der Waals surface area contributed by atoms with Crippen molar-refractivity contribution in [2.75, 3.05) is 40.4 Å². The molecule has 366 valence electrons. The monoisotopic (exact) mass is 1300 g/mol. The predicted molar refractivity (Wildman–Crippen MR) is 238 cm³/mol. The van der Waals surface area contributed by atoms with Crippen molar-refractivity contribution in [3.05, 3.63) is 114 Å². The second-order valence-corrected chi connectivity index (χ2v) is 14.8. The molecule has 4 heterocycles. The topological polar surface area (TPSA) is 138 Å². The summed E-state index contributed by atoms with van der Waals surface area (Å²) in [5.74, 6) is 0. The summed E-state index contributed by atoms with van der Waals surface area (Å²) in [6.45, 7) is -0.118. The first kappa shape index (κ1) is 65.6. The molecule has 12 nitrogen and oxygen atoms in total. The molecule has 0 aliphatic rings. The normalized spacial score (nSPS) is 12.9. The van der Waals surface area contributed by atoms with E-state index >= 15 is 0 Å². The average molecular weight is 1300 g/mol. The van der Waals surface area contributed by atoms with Crippen LogP contribution in [0, 0.1) is 0 Å². The molecule has 0 saturated heterocycles.